The molecule has 2 nitrogen and oxygen atoms in total. The zero-order valence-electron chi connectivity index (χ0n) is 9.45. The van der Waals surface area contributed by atoms with Gasteiger partial charge in [-0.25, -0.2) is 4.39 Å². The van der Waals surface area contributed by atoms with Crippen LogP contribution in [0.5, 0.6) is 0 Å². The molecule has 4 heteroatoms. The molecule has 16 heavy (non-hydrogen) atoms. The predicted octanol–water partition coefficient (Wildman–Crippen LogP) is 2.23. The molecule has 1 atom stereocenters. The van der Waals surface area contributed by atoms with E-state index >= 15 is 0 Å². The maximum Gasteiger partial charge on any atom is 0.146 e. The molecule has 2 rings (SSSR count). The molecule has 1 unspecified atom stereocenters. The molecule has 0 bridgehead atoms. The molecule has 0 saturated carbocycles. The van der Waals surface area contributed by atoms with Gasteiger partial charge in [0.25, 0.3) is 0 Å². The molecular formula is C12H17FN2S. The number of benzene rings is 1. The number of para-hydroxylation sites is 1. The molecule has 88 valence electrons. The van der Waals surface area contributed by atoms with Crippen LogP contribution in [0.1, 0.15) is 12.5 Å². The molecule has 1 aromatic carbocycles. The molecule has 1 fully saturated rings. The van der Waals surface area contributed by atoms with E-state index in [9.17, 15) is 4.39 Å². The second-order valence-corrected chi connectivity index (χ2v) is 5.22. The van der Waals surface area contributed by atoms with Crippen molar-refractivity contribution in [2.24, 2.45) is 5.73 Å². The first-order chi connectivity index (χ1) is 7.74. The minimum Gasteiger partial charge on any atom is -0.365 e. The Bertz CT molecular complexity index is 370. The third-order valence-electron chi connectivity index (χ3n) is 2.95. The fraction of sp³-hybridized carbons (Fsp3) is 0.500. The predicted molar refractivity (Wildman–Crippen MR) is 68.4 cm³/mol. The van der Waals surface area contributed by atoms with Crippen LogP contribution in [0.15, 0.2) is 18.2 Å². The Morgan fingerprint density at radius 1 is 1.56 bits per heavy atom. The third kappa shape index (κ3) is 2.18. The Morgan fingerprint density at radius 2 is 2.38 bits per heavy atom. The molecule has 1 aromatic rings. The van der Waals surface area contributed by atoms with Crippen molar-refractivity contribution in [2.45, 2.75) is 19.5 Å². The van der Waals surface area contributed by atoms with Gasteiger partial charge in [-0.3, -0.25) is 0 Å². The smallest absolute Gasteiger partial charge is 0.146 e. The summed E-state index contributed by atoms with van der Waals surface area (Å²) < 4.78 is 13.9. The van der Waals surface area contributed by atoms with Gasteiger partial charge in [0, 0.05) is 30.6 Å². The van der Waals surface area contributed by atoms with E-state index in [4.69, 9.17) is 5.73 Å². The summed E-state index contributed by atoms with van der Waals surface area (Å²) in [6.07, 6.45) is 0. The lowest BCUT2D eigenvalue weighted by Gasteiger charge is -2.36. The number of halogens is 1. The van der Waals surface area contributed by atoms with Gasteiger partial charge in [-0.1, -0.05) is 12.1 Å². The lowest BCUT2D eigenvalue weighted by Crippen LogP contribution is -2.41. The molecule has 2 N–H and O–H groups in total. The molecule has 0 radical (unpaired) electrons. The molecule has 1 saturated heterocycles. The second-order valence-electron chi connectivity index (χ2n) is 4.07. The number of hydrogen-bond donors (Lipinski definition) is 1. The molecule has 0 aliphatic carbocycles. The molecule has 0 spiro atoms. The van der Waals surface area contributed by atoms with E-state index in [0.29, 0.717) is 18.3 Å². The van der Waals surface area contributed by atoms with Crippen molar-refractivity contribution in [3.63, 3.8) is 0 Å². The highest BCUT2D eigenvalue weighted by Gasteiger charge is 2.23. The van der Waals surface area contributed by atoms with Crippen LogP contribution in [0, 0.1) is 5.82 Å². The normalized spacial score (nSPS) is 21.2. The topological polar surface area (TPSA) is 29.3 Å². The van der Waals surface area contributed by atoms with Gasteiger partial charge in [0.1, 0.15) is 5.82 Å². The van der Waals surface area contributed by atoms with Crippen LogP contribution in [-0.2, 0) is 6.54 Å². The van der Waals surface area contributed by atoms with Gasteiger partial charge in [0.2, 0.25) is 0 Å². The van der Waals surface area contributed by atoms with Gasteiger partial charge in [-0.2, -0.15) is 11.8 Å². The first-order valence-corrected chi connectivity index (χ1v) is 6.71. The average Bonchev–Trinajstić information content (AvgIpc) is 2.30. The van der Waals surface area contributed by atoms with Gasteiger partial charge < -0.3 is 10.6 Å². The van der Waals surface area contributed by atoms with E-state index in [-0.39, 0.29) is 5.82 Å². The van der Waals surface area contributed by atoms with Crippen molar-refractivity contribution in [1.82, 2.24) is 0 Å². The molecule has 1 aliphatic heterocycles. The minimum atomic E-state index is -0.151. The van der Waals surface area contributed by atoms with Crippen LogP contribution in [0.25, 0.3) is 0 Å². The quantitative estimate of drug-likeness (QED) is 0.859. The average molecular weight is 240 g/mol. The number of hydrogen-bond acceptors (Lipinski definition) is 3. The lowest BCUT2D eigenvalue weighted by molar-refractivity contribution is 0.600. The summed E-state index contributed by atoms with van der Waals surface area (Å²) in [7, 11) is 0. The Kier molecular flexibility index (Phi) is 3.71. The summed E-state index contributed by atoms with van der Waals surface area (Å²) in [5.41, 5.74) is 7.28. The first-order valence-electron chi connectivity index (χ1n) is 5.56. The molecular weight excluding hydrogens is 223 g/mol. The Balaban J connectivity index is 2.37. The number of nitrogens with two attached hydrogens (primary N) is 1. The van der Waals surface area contributed by atoms with E-state index in [1.165, 1.54) is 6.07 Å². The Morgan fingerprint density at radius 3 is 3.06 bits per heavy atom. The maximum absolute atomic E-state index is 13.9. The number of rotatable bonds is 2. The van der Waals surface area contributed by atoms with Crippen molar-refractivity contribution < 1.29 is 4.39 Å². The van der Waals surface area contributed by atoms with Crippen molar-refractivity contribution in [3.8, 4) is 0 Å². The van der Waals surface area contributed by atoms with E-state index < -0.39 is 0 Å². The SMILES string of the molecule is CC1CSCCN1c1c(F)cccc1CN. The van der Waals surface area contributed by atoms with Gasteiger partial charge >= 0.3 is 0 Å². The largest absolute Gasteiger partial charge is 0.365 e. The summed E-state index contributed by atoms with van der Waals surface area (Å²) in [6, 6.07) is 5.53. The highest BCUT2D eigenvalue weighted by molar-refractivity contribution is 7.99. The van der Waals surface area contributed by atoms with E-state index in [2.05, 4.69) is 11.8 Å². The summed E-state index contributed by atoms with van der Waals surface area (Å²) in [5.74, 6) is 1.96. The zero-order chi connectivity index (χ0) is 11.5. The molecule has 1 heterocycles. The third-order valence-corrected chi connectivity index (χ3v) is 4.13. The van der Waals surface area contributed by atoms with Gasteiger partial charge in [-0.05, 0) is 18.6 Å². The molecule has 0 amide bonds. The fourth-order valence-electron chi connectivity index (χ4n) is 2.11. The van der Waals surface area contributed by atoms with Crippen LogP contribution in [0.4, 0.5) is 10.1 Å². The monoisotopic (exact) mass is 240 g/mol. The van der Waals surface area contributed by atoms with E-state index in [0.717, 1.165) is 23.6 Å². The standard InChI is InChI=1S/C12H17FN2S/c1-9-8-16-6-5-15(9)12-10(7-14)3-2-4-11(12)13/h2-4,9H,5-8,14H2,1H3. The van der Waals surface area contributed by atoms with Crippen molar-refractivity contribution >= 4 is 17.4 Å². The Hall–Kier alpha value is -0.740. The van der Waals surface area contributed by atoms with E-state index in [1.54, 1.807) is 6.07 Å². The van der Waals surface area contributed by atoms with Crippen LogP contribution in [0.2, 0.25) is 0 Å². The Labute approximate surface area is 100 Å². The minimum absolute atomic E-state index is 0.151. The van der Waals surface area contributed by atoms with Crippen LogP contribution in [-0.4, -0.2) is 24.1 Å². The van der Waals surface area contributed by atoms with Crippen molar-refractivity contribution in [3.05, 3.63) is 29.6 Å². The number of nitrogens with zero attached hydrogens (tertiary/aromatic N) is 1. The molecule has 1 aliphatic rings. The zero-order valence-corrected chi connectivity index (χ0v) is 10.3. The molecule has 0 aromatic heterocycles. The highest BCUT2D eigenvalue weighted by atomic mass is 32.2. The fourth-order valence-corrected chi connectivity index (χ4v) is 3.12. The van der Waals surface area contributed by atoms with E-state index in [1.807, 2.05) is 17.8 Å². The summed E-state index contributed by atoms with van der Waals surface area (Å²) in [6.45, 7) is 3.43. The second kappa shape index (κ2) is 5.06. The van der Waals surface area contributed by atoms with Crippen LogP contribution < -0.4 is 10.6 Å². The first kappa shape index (κ1) is 11.7. The summed E-state index contributed by atoms with van der Waals surface area (Å²) in [4.78, 5) is 2.15. The highest BCUT2D eigenvalue weighted by Crippen LogP contribution is 2.29. The van der Waals surface area contributed by atoms with Gasteiger partial charge in [-0.15, -0.1) is 0 Å². The van der Waals surface area contributed by atoms with Crippen LogP contribution in [0.3, 0.4) is 0 Å². The van der Waals surface area contributed by atoms with Crippen molar-refractivity contribution in [1.29, 1.82) is 0 Å². The maximum atomic E-state index is 13.9. The van der Waals surface area contributed by atoms with Crippen LogP contribution >= 0.6 is 11.8 Å². The lowest BCUT2D eigenvalue weighted by atomic mass is 10.1. The number of anilines is 1. The van der Waals surface area contributed by atoms with Gasteiger partial charge in [0.05, 0.1) is 5.69 Å². The number of thioether (sulfide) groups is 1. The summed E-state index contributed by atoms with van der Waals surface area (Å²) >= 11 is 1.93. The van der Waals surface area contributed by atoms with Gasteiger partial charge in [0.15, 0.2) is 0 Å². The van der Waals surface area contributed by atoms with Crippen molar-refractivity contribution in [2.75, 3.05) is 23.0 Å². The summed E-state index contributed by atoms with van der Waals surface area (Å²) in [5, 5.41) is 0.